The maximum Gasteiger partial charge on any atom is 0.251 e. The zero-order valence-electron chi connectivity index (χ0n) is 13.9. The van der Waals surface area contributed by atoms with Crippen LogP contribution in [0.15, 0.2) is 48.7 Å². The molecule has 0 unspecified atom stereocenters. The Hall–Kier alpha value is -2.56. The molecule has 1 saturated heterocycles. The topological polar surface area (TPSA) is 54.5 Å². The van der Waals surface area contributed by atoms with Gasteiger partial charge in [-0.3, -0.25) is 4.79 Å². The van der Waals surface area contributed by atoms with Crippen molar-refractivity contribution >= 4 is 11.7 Å². The van der Waals surface area contributed by atoms with Gasteiger partial charge in [0.25, 0.3) is 5.91 Å². The van der Waals surface area contributed by atoms with Gasteiger partial charge in [-0.05, 0) is 55.2 Å². The molecule has 5 heteroatoms. The van der Waals surface area contributed by atoms with Crippen LogP contribution in [-0.4, -0.2) is 37.6 Å². The standard InChI is InChI=1S/C19H23N3O2/c1-24-17-7-5-16(6-8-17)19(23)21-14-15-9-12-22(13-10-15)18-4-2-3-11-20-18/h2-8,11,15H,9-10,12-14H2,1H3,(H,21,23). The third-order valence-electron chi connectivity index (χ3n) is 4.49. The second-order valence-corrected chi connectivity index (χ2v) is 6.06. The first-order valence-corrected chi connectivity index (χ1v) is 8.34. The second kappa shape index (κ2) is 7.81. The van der Waals surface area contributed by atoms with Gasteiger partial charge >= 0.3 is 0 Å². The molecule has 1 aliphatic heterocycles. The van der Waals surface area contributed by atoms with Crippen molar-refractivity contribution in [3.63, 3.8) is 0 Å². The first-order valence-electron chi connectivity index (χ1n) is 8.34. The number of hydrogen-bond donors (Lipinski definition) is 1. The molecule has 1 N–H and O–H groups in total. The Morgan fingerprint density at radius 3 is 2.58 bits per heavy atom. The molecule has 2 heterocycles. The predicted molar refractivity (Wildman–Crippen MR) is 94.5 cm³/mol. The van der Waals surface area contributed by atoms with Crippen molar-refractivity contribution in [2.45, 2.75) is 12.8 Å². The van der Waals surface area contributed by atoms with E-state index in [-0.39, 0.29) is 5.91 Å². The normalized spacial score (nSPS) is 15.1. The molecule has 0 bridgehead atoms. The number of amides is 1. The summed E-state index contributed by atoms with van der Waals surface area (Å²) in [6.07, 6.45) is 3.97. The molecule has 1 aromatic heterocycles. The Balaban J connectivity index is 1.45. The molecule has 5 nitrogen and oxygen atoms in total. The smallest absolute Gasteiger partial charge is 0.251 e. The average Bonchev–Trinajstić information content (AvgIpc) is 2.67. The van der Waals surface area contributed by atoms with E-state index in [2.05, 4.69) is 15.2 Å². The van der Waals surface area contributed by atoms with Crippen LogP contribution in [0.25, 0.3) is 0 Å². The number of hydrogen-bond acceptors (Lipinski definition) is 4. The molecule has 0 saturated carbocycles. The van der Waals surface area contributed by atoms with Crippen molar-refractivity contribution in [3.05, 3.63) is 54.2 Å². The summed E-state index contributed by atoms with van der Waals surface area (Å²) >= 11 is 0. The van der Waals surface area contributed by atoms with Crippen molar-refractivity contribution < 1.29 is 9.53 Å². The minimum atomic E-state index is -0.0233. The number of benzene rings is 1. The summed E-state index contributed by atoms with van der Waals surface area (Å²) in [7, 11) is 1.62. The van der Waals surface area contributed by atoms with E-state index in [1.165, 1.54) is 0 Å². The summed E-state index contributed by atoms with van der Waals surface area (Å²) in [5, 5.41) is 3.05. The van der Waals surface area contributed by atoms with Crippen LogP contribution in [0, 0.1) is 5.92 Å². The van der Waals surface area contributed by atoms with Crippen LogP contribution < -0.4 is 15.0 Å². The predicted octanol–water partition coefficient (Wildman–Crippen LogP) is 2.74. The minimum absolute atomic E-state index is 0.0233. The maximum atomic E-state index is 12.2. The highest BCUT2D eigenvalue weighted by atomic mass is 16.5. The molecule has 1 aliphatic rings. The number of carbonyl (C=O) groups excluding carboxylic acids is 1. The average molecular weight is 325 g/mol. The van der Waals surface area contributed by atoms with E-state index in [0.29, 0.717) is 11.5 Å². The van der Waals surface area contributed by atoms with Crippen molar-refractivity contribution in [1.29, 1.82) is 0 Å². The number of ether oxygens (including phenoxy) is 1. The van der Waals surface area contributed by atoms with Crippen molar-refractivity contribution in [3.8, 4) is 5.75 Å². The molecule has 3 rings (SSSR count). The van der Waals surface area contributed by atoms with Gasteiger partial charge in [-0.15, -0.1) is 0 Å². The fourth-order valence-corrected chi connectivity index (χ4v) is 2.99. The SMILES string of the molecule is COc1ccc(C(=O)NCC2CCN(c3ccccn3)CC2)cc1. The van der Waals surface area contributed by atoms with Gasteiger partial charge < -0.3 is 15.0 Å². The number of piperidine rings is 1. The molecule has 1 aromatic carbocycles. The summed E-state index contributed by atoms with van der Waals surface area (Å²) < 4.78 is 5.11. The molecular formula is C19H23N3O2. The van der Waals surface area contributed by atoms with E-state index in [1.54, 1.807) is 31.4 Å². The van der Waals surface area contributed by atoms with Crippen LogP contribution in [0.5, 0.6) is 5.75 Å². The van der Waals surface area contributed by atoms with Gasteiger partial charge in [0.05, 0.1) is 7.11 Å². The van der Waals surface area contributed by atoms with Gasteiger partial charge in [0.2, 0.25) is 0 Å². The third-order valence-corrected chi connectivity index (χ3v) is 4.49. The molecule has 1 fully saturated rings. The molecular weight excluding hydrogens is 302 g/mol. The van der Waals surface area contributed by atoms with Crippen LogP contribution in [0.1, 0.15) is 23.2 Å². The molecule has 0 atom stereocenters. The van der Waals surface area contributed by atoms with Gasteiger partial charge in [0, 0.05) is 31.4 Å². The number of nitrogens with zero attached hydrogens (tertiary/aromatic N) is 2. The Morgan fingerprint density at radius 1 is 1.21 bits per heavy atom. The Kier molecular flexibility index (Phi) is 5.31. The largest absolute Gasteiger partial charge is 0.497 e. The maximum absolute atomic E-state index is 12.2. The quantitative estimate of drug-likeness (QED) is 0.918. The lowest BCUT2D eigenvalue weighted by atomic mass is 9.96. The number of aromatic nitrogens is 1. The number of rotatable bonds is 5. The molecule has 0 aliphatic carbocycles. The highest BCUT2D eigenvalue weighted by Gasteiger charge is 2.20. The first-order chi connectivity index (χ1) is 11.8. The van der Waals surface area contributed by atoms with Crippen molar-refractivity contribution in [2.24, 2.45) is 5.92 Å². The van der Waals surface area contributed by atoms with E-state index in [4.69, 9.17) is 4.74 Å². The van der Waals surface area contributed by atoms with E-state index < -0.39 is 0 Å². The van der Waals surface area contributed by atoms with Gasteiger partial charge in [0.15, 0.2) is 0 Å². The van der Waals surface area contributed by atoms with Crippen LogP contribution in [0.2, 0.25) is 0 Å². The van der Waals surface area contributed by atoms with E-state index in [9.17, 15) is 4.79 Å². The molecule has 2 aromatic rings. The van der Waals surface area contributed by atoms with Crippen LogP contribution >= 0.6 is 0 Å². The summed E-state index contributed by atoms with van der Waals surface area (Å²) in [5.74, 6) is 2.30. The third kappa shape index (κ3) is 4.04. The van der Waals surface area contributed by atoms with E-state index in [1.807, 2.05) is 24.4 Å². The summed E-state index contributed by atoms with van der Waals surface area (Å²) in [4.78, 5) is 18.9. The summed E-state index contributed by atoms with van der Waals surface area (Å²) in [6, 6.07) is 13.2. The van der Waals surface area contributed by atoms with E-state index >= 15 is 0 Å². The monoisotopic (exact) mass is 325 g/mol. The molecule has 0 spiro atoms. The lowest BCUT2D eigenvalue weighted by molar-refractivity contribution is 0.0945. The van der Waals surface area contributed by atoms with Gasteiger partial charge in [0.1, 0.15) is 11.6 Å². The zero-order valence-corrected chi connectivity index (χ0v) is 13.9. The number of methoxy groups -OCH3 is 1. The van der Waals surface area contributed by atoms with Gasteiger partial charge in [-0.25, -0.2) is 4.98 Å². The zero-order chi connectivity index (χ0) is 16.8. The Labute approximate surface area is 142 Å². The Bertz CT molecular complexity index is 650. The van der Waals surface area contributed by atoms with Gasteiger partial charge in [-0.2, -0.15) is 0 Å². The van der Waals surface area contributed by atoms with Crippen LogP contribution in [0.4, 0.5) is 5.82 Å². The number of nitrogens with one attached hydrogen (secondary N) is 1. The fraction of sp³-hybridized carbons (Fsp3) is 0.368. The lowest BCUT2D eigenvalue weighted by Crippen LogP contribution is -2.39. The molecule has 126 valence electrons. The molecule has 1 amide bonds. The number of anilines is 1. The summed E-state index contributed by atoms with van der Waals surface area (Å²) in [5.41, 5.74) is 0.668. The summed E-state index contributed by atoms with van der Waals surface area (Å²) in [6.45, 7) is 2.70. The second-order valence-electron chi connectivity index (χ2n) is 6.06. The van der Waals surface area contributed by atoms with E-state index in [0.717, 1.165) is 44.0 Å². The fourth-order valence-electron chi connectivity index (χ4n) is 2.99. The molecule has 24 heavy (non-hydrogen) atoms. The molecule has 0 radical (unpaired) electrons. The van der Waals surface area contributed by atoms with Crippen LogP contribution in [-0.2, 0) is 0 Å². The number of pyridine rings is 1. The van der Waals surface area contributed by atoms with Crippen LogP contribution in [0.3, 0.4) is 0 Å². The van der Waals surface area contributed by atoms with Crippen molar-refractivity contribution in [2.75, 3.05) is 31.6 Å². The first kappa shape index (κ1) is 16.3. The van der Waals surface area contributed by atoms with Crippen molar-refractivity contribution in [1.82, 2.24) is 10.3 Å². The lowest BCUT2D eigenvalue weighted by Gasteiger charge is -2.32. The Morgan fingerprint density at radius 2 is 1.96 bits per heavy atom. The van der Waals surface area contributed by atoms with Gasteiger partial charge in [-0.1, -0.05) is 6.07 Å². The highest BCUT2D eigenvalue weighted by Crippen LogP contribution is 2.21. The highest BCUT2D eigenvalue weighted by molar-refractivity contribution is 5.94. The minimum Gasteiger partial charge on any atom is -0.497 e. The number of carbonyl (C=O) groups is 1.